The minimum absolute atomic E-state index is 0.564. The van der Waals surface area contributed by atoms with Crippen molar-refractivity contribution in [2.24, 2.45) is 5.10 Å². The van der Waals surface area contributed by atoms with Gasteiger partial charge in [0.25, 0.3) is 0 Å². The van der Waals surface area contributed by atoms with E-state index in [2.05, 4.69) is 10.5 Å². The number of aliphatic hydroxyl groups excluding tert-OH is 4. The highest BCUT2D eigenvalue weighted by Gasteiger charge is 2.35. The number of hydrogen-bond donors (Lipinski definition) is 5. The van der Waals surface area contributed by atoms with Crippen molar-refractivity contribution < 1.29 is 20.4 Å². The van der Waals surface area contributed by atoms with Crippen molar-refractivity contribution in [2.45, 2.75) is 23.7 Å². The van der Waals surface area contributed by atoms with Crippen molar-refractivity contribution >= 4 is 16.8 Å². The van der Waals surface area contributed by atoms with Crippen LogP contribution in [0.2, 0.25) is 0 Å². The number of hydrazone groups is 1. The van der Waals surface area contributed by atoms with E-state index in [-0.39, 0.29) is 0 Å². The van der Waals surface area contributed by atoms with Gasteiger partial charge in [0, 0.05) is 5.56 Å². The topological polar surface area (TPSA) is 105 Å². The summed E-state index contributed by atoms with van der Waals surface area (Å²) in [5.74, 6) is 0. The Morgan fingerprint density at radius 1 is 1.21 bits per heavy atom. The molecule has 0 saturated heterocycles. The molecule has 0 aliphatic carbocycles. The van der Waals surface area contributed by atoms with Crippen LogP contribution in [-0.4, -0.2) is 55.8 Å². The molecule has 1 heterocycles. The molecule has 0 amide bonds. The molecule has 1 aromatic carbocycles. The zero-order valence-electron chi connectivity index (χ0n) is 10.0. The van der Waals surface area contributed by atoms with Gasteiger partial charge in [-0.1, -0.05) is 42.1 Å². The monoisotopic (exact) mass is 284 g/mol. The Labute approximate surface area is 114 Å². The maximum atomic E-state index is 9.91. The summed E-state index contributed by atoms with van der Waals surface area (Å²) in [6, 6.07) is 9.44. The lowest BCUT2D eigenvalue weighted by Crippen LogP contribution is -2.47. The number of benzene rings is 1. The highest BCUT2D eigenvalue weighted by Crippen LogP contribution is 2.26. The van der Waals surface area contributed by atoms with Crippen molar-refractivity contribution in [2.75, 3.05) is 6.61 Å². The van der Waals surface area contributed by atoms with Crippen molar-refractivity contribution in [3.05, 3.63) is 35.9 Å². The van der Waals surface area contributed by atoms with E-state index in [1.54, 1.807) is 0 Å². The van der Waals surface area contributed by atoms with E-state index >= 15 is 0 Å². The molecule has 0 spiro atoms. The molecule has 0 bridgehead atoms. The Hall–Kier alpha value is -1.12. The first-order chi connectivity index (χ1) is 9.13. The zero-order chi connectivity index (χ0) is 13.8. The summed E-state index contributed by atoms with van der Waals surface area (Å²) in [7, 11) is 0. The maximum Gasteiger partial charge on any atom is 0.125 e. The van der Waals surface area contributed by atoms with Gasteiger partial charge >= 0.3 is 0 Å². The highest BCUT2D eigenvalue weighted by atomic mass is 32.2. The molecule has 5 N–H and O–H groups in total. The lowest BCUT2D eigenvalue weighted by Gasteiger charge is -2.25. The summed E-state index contributed by atoms with van der Waals surface area (Å²) in [6.45, 7) is -0.609. The first kappa shape index (κ1) is 14.3. The van der Waals surface area contributed by atoms with Gasteiger partial charge in [0.05, 0.1) is 6.61 Å². The molecule has 6 nitrogen and oxygen atoms in total. The van der Waals surface area contributed by atoms with Gasteiger partial charge < -0.3 is 20.4 Å². The predicted octanol–water partition coefficient (Wildman–Crippen LogP) is -0.914. The first-order valence-electron chi connectivity index (χ1n) is 5.84. The molecular weight excluding hydrogens is 268 g/mol. The first-order valence-corrected chi connectivity index (χ1v) is 6.72. The number of aliphatic hydroxyl groups is 4. The predicted molar refractivity (Wildman–Crippen MR) is 72.6 cm³/mol. The minimum Gasteiger partial charge on any atom is -0.394 e. The van der Waals surface area contributed by atoms with Crippen molar-refractivity contribution in [3.8, 4) is 0 Å². The highest BCUT2D eigenvalue weighted by molar-refractivity contribution is 8.15. The fourth-order valence-electron chi connectivity index (χ4n) is 1.67. The normalized spacial score (nSPS) is 23.4. The van der Waals surface area contributed by atoms with Crippen LogP contribution in [0.25, 0.3) is 0 Å². The number of nitrogens with zero attached hydrogens (tertiary/aromatic N) is 1. The fourth-order valence-corrected chi connectivity index (χ4v) is 2.69. The van der Waals surface area contributed by atoms with Crippen LogP contribution in [0.5, 0.6) is 0 Å². The summed E-state index contributed by atoms with van der Waals surface area (Å²) in [4.78, 5) is 0. The lowest BCUT2D eigenvalue weighted by molar-refractivity contribution is -0.0779. The molecule has 1 aliphatic rings. The molecule has 7 heteroatoms. The molecule has 1 aliphatic heterocycles. The molecule has 104 valence electrons. The standard InChI is InChI=1S/C12H16N2O4S/c15-6-8(16)9(17)10(18)12-14-13-11(19-12)7-4-2-1-3-5-7/h1-5,8-10,12,14-18H,6H2/t8-,9-,10+,12-/m1/s1. The third kappa shape index (κ3) is 3.26. The third-order valence-corrected chi connectivity index (χ3v) is 3.98. The van der Waals surface area contributed by atoms with Gasteiger partial charge in [-0.2, -0.15) is 5.10 Å². The fraction of sp³-hybridized carbons (Fsp3) is 0.417. The van der Waals surface area contributed by atoms with Crippen LogP contribution < -0.4 is 5.43 Å². The Bertz CT molecular complexity index is 443. The minimum atomic E-state index is -1.43. The maximum absolute atomic E-state index is 9.91. The number of thioether (sulfide) groups is 1. The quantitative estimate of drug-likeness (QED) is 0.479. The molecular formula is C12H16N2O4S. The van der Waals surface area contributed by atoms with E-state index in [9.17, 15) is 15.3 Å². The van der Waals surface area contributed by atoms with Crippen LogP contribution in [0.15, 0.2) is 35.4 Å². The Morgan fingerprint density at radius 2 is 1.89 bits per heavy atom. The second-order valence-electron chi connectivity index (χ2n) is 4.18. The number of rotatable bonds is 5. The van der Waals surface area contributed by atoms with E-state index in [4.69, 9.17) is 5.11 Å². The Morgan fingerprint density at radius 3 is 2.53 bits per heavy atom. The van der Waals surface area contributed by atoms with Crippen molar-refractivity contribution in [3.63, 3.8) is 0 Å². The van der Waals surface area contributed by atoms with Crippen molar-refractivity contribution in [1.82, 2.24) is 5.43 Å². The van der Waals surface area contributed by atoms with Crippen LogP contribution in [-0.2, 0) is 0 Å². The van der Waals surface area contributed by atoms with Crippen LogP contribution in [0.3, 0.4) is 0 Å². The number of hydrogen-bond acceptors (Lipinski definition) is 7. The number of nitrogens with one attached hydrogen (secondary N) is 1. The Kier molecular flexibility index (Phi) is 4.78. The lowest BCUT2D eigenvalue weighted by atomic mass is 10.1. The summed E-state index contributed by atoms with van der Waals surface area (Å²) in [5, 5.41) is 41.8. The van der Waals surface area contributed by atoms with Crippen molar-refractivity contribution in [1.29, 1.82) is 0 Å². The summed E-state index contributed by atoms with van der Waals surface area (Å²) in [5.41, 5.74) is 3.62. The van der Waals surface area contributed by atoms with Crippen LogP contribution in [0.1, 0.15) is 5.56 Å². The SMILES string of the molecule is OC[C@@H](O)[C@@H](O)[C@H](O)[C@@H]1NN=C(c2ccccc2)S1. The van der Waals surface area contributed by atoms with Gasteiger partial charge in [-0.25, -0.2) is 0 Å². The zero-order valence-corrected chi connectivity index (χ0v) is 10.9. The second kappa shape index (κ2) is 6.36. The summed E-state index contributed by atoms with van der Waals surface area (Å²) >= 11 is 1.26. The molecule has 2 rings (SSSR count). The molecule has 0 fully saturated rings. The average Bonchev–Trinajstić information content (AvgIpc) is 2.95. The summed E-state index contributed by atoms with van der Waals surface area (Å²) < 4.78 is 0. The van der Waals surface area contributed by atoms with Gasteiger partial charge in [-0.05, 0) is 0 Å². The molecule has 0 unspecified atom stereocenters. The van der Waals surface area contributed by atoms with Gasteiger partial charge in [0.15, 0.2) is 0 Å². The molecule has 1 aromatic rings. The molecule has 4 atom stereocenters. The Balaban J connectivity index is 1.97. The second-order valence-corrected chi connectivity index (χ2v) is 5.31. The van der Waals surface area contributed by atoms with Gasteiger partial charge in [0.1, 0.15) is 28.7 Å². The molecule has 0 saturated carbocycles. The summed E-state index contributed by atoms with van der Waals surface area (Å²) in [6.07, 6.45) is -4.05. The molecule has 19 heavy (non-hydrogen) atoms. The smallest absolute Gasteiger partial charge is 0.125 e. The largest absolute Gasteiger partial charge is 0.394 e. The van der Waals surface area contributed by atoms with E-state index < -0.39 is 30.3 Å². The average molecular weight is 284 g/mol. The molecule has 0 aromatic heterocycles. The van der Waals surface area contributed by atoms with E-state index in [0.717, 1.165) is 5.56 Å². The van der Waals surface area contributed by atoms with Gasteiger partial charge in [-0.15, -0.1) is 0 Å². The third-order valence-electron chi connectivity index (χ3n) is 2.79. The molecule has 0 radical (unpaired) electrons. The van der Waals surface area contributed by atoms with Gasteiger partial charge in [-0.3, -0.25) is 5.43 Å². The van der Waals surface area contributed by atoms with E-state index in [0.29, 0.717) is 5.04 Å². The van der Waals surface area contributed by atoms with Crippen LogP contribution in [0, 0.1) is 0 Å². The van der Waals surface area contributed by atoms with Gasteiger partial charge in [0.2, 0.25) is 0 Å². The van der Waals surface area contributed by atoms with Crippen LogP contribution in [0.4, 0.5) is 0 Å². The van der Waals surface area contributed by atoms with Crippen LogP contribution >= 0.6 is 11.8 Å². The van der Waals surface area contributed by atoms with E-state index in [1.807, 2.05) is 30.3 Å². The van der Waals surface area contributed by atoms with E-state index in [1.165, 1.54) is 11.8 Å².